The van der Waals surface area contributed by atoms with Crippen LogP contribution >= 0.6 is 0 Å². The van der Waals surface area contributed by atoms with Crippen LogP contribution in [0.1, 0.15) is 6.42 Å². The van der Waals surface area contributed by atoms with Gasteiger partial charge in [0, 0.05) is 6.42 Å². The standard InChI is InChI=1S/C10H10F13NSi/c1-24(2)25-4-3-5(11,12)6(13,14)7(15,16)8(17,18)9(19,20)10(21,22)23/h3-4H2,1-2H3. The molecule has 0 aliphatic carbocycles. The van der Waals surface area contributed by atoms with Crippen molar-refractivity contribution >= 4 is 9.68 Å². The first-order chi connectivity index (χ1) is 10.7. The van der Waals surface area contributed by atoms with Crippen LogP contribution in [-0.2, 0) is 0 Å². The van der Waals surface area contributed by atoms with Crippen LogP contribution in [0, 0.1) is 0 Å². The van der Waals surface area contributed by atoms with Crippen molar-refractivity contribution < 1.29 is 57.1 Å². The van der Waals surface area contributed by atoms with E-state index in [0.29, 0.717) is 0 Å². The Morgan fingerprint density at radius 3 is 1.28 bits per heavy atom. The van der Waals surface area contributed by atoms with Crippen molar-refractivity contribution in [2.24, 2.45) is 0 Å². The van der Waals surface area contributed by atoms with Crippen LogP contribution in [0.25, 0.3) is 0 Å². The molecule has 0 saturated heterocycles. The molecular formula is C10H10F13NSi. The molecule has 0 aliphatic heterocycles. The third kappa shape index (κ3) is 4.00. The predicted molar refractivity (Wildman–Crippen MR) is 59.7 cm³/mol. The molecule has 0 heterocycles. The summed E-state index contributed by atoms with van der Waals surface area (Å²) in [5.74, 6) is -36.3. The van der Waals surface area contributed by atoms with Crippen LogP contribution in [0.3, 0.4) is 0 Å². The lowest BCUT2D eigenvalue weighted by Gasteiger charge is -2.39. The normalized spacial score (nSPS) is 15.8. The highest BCUT2D eigenvalue weighted by atomic mass is 28.2. The Morgan fingerprint density at radius 2 is 0.960 bits per heavy atom. The van der Waals surface area contributed by atoms with Gasteiger partial charge < -0.3 is 4.57 Å². The monoisotopic (exact) mass is 419 g/mol. The Kier molecular flexibility index (Phi) is 6.58. The quantitative estimate of drug-likeness (QED) is 0.407. The van der Waals surface area contributed by atoms with Crippen LogP contribution in [-0.4, -0.2) is 64.1 Å². The van der Waals surface area contributed by atoms with Crippen molar-refractivity contribution in [3.63, 3.8) is 0 Å². The number of nitrogens with zero attached hydrogens (tertiary/aromatic N) is 1. The summed E-state index contributed by atoms with van der Waals surface area (Å²) in [4.78, 5) is 0. The molecule has 0 aromatic rings. The largest absolute Gasteiger partial charge is 0.460 e. The number of rotatable bonds is 8. The van der Waals surface area contributed by atoms with Gasteiger partial charge in [0.15, 0.2) is 0 Å². The van der Waals surface area contributed by atoms with Crippen molar-refractivity contribution in [3.8, 4) is 0 Å². The molecule has 0 unspecified atom stereocenters. The smallest absolute Gasteiger partial charge is 0.331 e. The molecule has 0 amide bonds. The van der Waals surface area contributed by atoms with Crippen LogP contribution in [0.5, 0.6) is 0 Å². The topological polar surface area (TPSA) is 3.24 Å². The van der Waals surface area contributed by atoms with Gasteiger partial charge in [-0.05, 0) is 20.1 Å². The van der Waals surface area contributed by atoms with E-state index in [4.69, 9.17) is 0 Å². The Labute approximate surface area is 135 Å². The second kappa shape index (κ2) is 6.77. The fourth-order valence-electron chi connectivity index (χ4n) is 1.40. The number of hydrogen-bond donors (Lipinski definition) is 0. The molecule has 15 heteroatoms. The van der Waals surface area contributed by atoms with Gasteiger partial charge in [-0.1, -0.05) is 0 Å². The van der Waals surface area contributed by atoms with Crippen molar-refractivity contribution in [3.05, 3.63) is 0 Å². The fraction of sp³-hybridized carbons (Fsp3) is 1.00. The first-order valence-corrected chi connectivity index (χ1v) is 7.19. The average Bonchev–Trinajstić information content (AvgIpc) is 2.35. The van der Waals surface area contributed by atoms with Crippen molar-refractivity contribution in [1.82, 2.24) is 4.57 Å². The third-order valence-corrected chi connectivity index (χ3v) is 3.97. The zero-order valence-corrected chi connectivity index (χ0v) is 13.3. The first-order valence-electron chi connectivity index (χ1n) is 6.03. The van der Waals surface area contributed by atoms with E-state index >= 15 is 0 Å². The number of halogens is 13. The Bertz CT molecular complexity index is 456. The molecular weight excluding hydrogens is 409 g/mol. The van der Waals surface area contributed by atoms with E-state index in [2.05, 4.69) is 0 Å². The van der Waals surface area contributed by atoms with Crippen LogP contribution in [0.2, 0.25) is 6.04 Å². The second-order valence-electron chi connectivity index (χ2n) is 5.05. The summed E-state index contributed by atoms with van der Waals surface area (Å²) in [5, 5.41) is 0. The van der Waals surface area contributed by atoms with E-state index in [1.165, 1.54) is 14.1 Å². The number of hydrogen-bond acceptors (Lipinski definition) is 1. The molecule has 0 fully saturated rings. The summed E-state index contributed by atoms with van der Waals surface area (Å²) >= 11 is 0. The summed E-state index contributed by atoms with van der Waals surface area (Å²) < 4.78 is 167. The van der Waals surface area contributed by atoms with Gasteiger partial charge in [0.05, 0.1) is 0 Å². The van der Waals surface area contributed by atoms with E-state index in [-0.39, 0.29) is 0 Å². The van der Waals surface area contributed by atoms with Gasteiger partial charge in [-0.2, -0.15) is 57.1 Å². The predicted octanol–water partition coefficient (Wildman–Crippen LogP) is 4.71. The molecule has 0 rings (SSSR count). The molecule has 0 spiro atoms. The molecule has 0 saturated carbocycles. The average molecular weight is 419 g/mol. The lowest BCUT2D eigenvalue weighted by Crippen LogP contribution is -2.70. The van der Waals surface area contributed by atoms with E-state index in [9.17, 15) is 57.1 Å². The molecule has 0 bridgehead atoms. The van der Waals surface area contributed by atoms with E-state index in [0.717, 1.165) is 4.57 Å². The van der Waals surface area contributed by atoms with Crippen LogP contribution in [0.15, 0.2) is 0 Å². The molecule has 150 valence electrons. The lowest BCUT2D eigenvalue weighted by molar-refractivity contribution is -0.439. The summed E-state index contributed by atoms with van der Waals surface area (Å²) in [7, 11) is 1.88. The maximum absolute atomic E-state index is 13.3. The summed E-state index contributed by atoms with van der Waals surface area (Å²) in [6, 6.07) is -0.924. The molecule has 1 nitrogen and oxygen atoms in total. The van der Waals surface area contributed by atoms with Gasteiger partial charge in [0.1, 0.15) is 9.68 Å². The minimum Gasteiger partial charge on any atom is -0.331 e. The van der Waals surface area contributed by atoms with E-state index in [1.807, 2.05) is 0 Å². The molecule has 2 radical (unpaired) electrons. The highest BCUT2D eigenvalue weighted by molar-refractivity contribution is 6.31. The molecule has 0 aliphatic rings. The molecule has 0 atom stereocenters. The number of alkyl halides is 13. The summed E-state index contributed by atoms with van der Waals surface area (Å²) in [6.45, 7) is 0. The van der Waals surface area contributed by atoms with Gasteiger partial charge in [-0.25, -0.2) is 0 Å². The van der Waals surface area contributed by atoms with Gasteiger partial charge in [-0.3, -0.25) is 0 Å². The molecule has 0 aromatic carbocycles. The van der Waals surface area contributed by atoms with Crippen molar-refractivity contribution in [2.75, 3.05) is 14.1 Å². The highest BCUT2D eigenvalue weighted by Crippen LogP contribution is 2.60. The van der Waals surface area contributed by atoms with Crippen LogP contribution < -0.4 is 0 Å². The minimum atomic E-state index is -7.82. The van der Waals surface area contributed by atoms with Crippen LogP contribution in [0.4, 0.5) is 57.1 Å². The SMILES string of the molecule is CN(C)[Si]CCC(F)(F)C(F)(F)C(F)(F)C(F)(F)C(F)(F)C(F)(F)F. The van der Waals surface area contributed by atoms with Crippen molar-refractivity contribution in [1.29, 1.82) is 0 Å². The summed E-state index contributed by atoms with van der Waals surface area (Å²) in [5.41, 5.74) is 0. The van der Waals surface area contributed by atoms with Gasteiger partial charge >= 0.3 is 35.8 Å². The maximum Gasteiger partial charge on any atom is 0.460 e. The molecule has 0 aromatic heterocycles. The highest BCUT2D eigenvalue weighted by Gasteiger charge is 2.90. The Balaban J connectivity index is 5.86. The third-order valence-electron chi connectivity index (χ3n) is 2.87. The summed E-state index contributed by atoms with van der Waals surface area (Å²) in [6.07, 6.45) is -9.52. The van der Waals surface area contributed by atoms with Gasteiger partial charge in [0.25, 0.3) is 0 Å². The Hall–Kier alpha value is -0.733. The zero-order valence-electron chi connectivity index (χ0n) is 12.3. The van der Waals surface area contributed by atoms with E-state index in [1.54, 1.807) is 0 Å². The molecule has 25 heavy (non-hydrogen) atoms. The Morgan fingerprint density at radius 1 is 0.600 bits per heavy atom. The molecule has 0 N–H and O–H groups in total. The van der Waals surface area contributed by atoms with Gasteiger partial charge in [0.2, 0.25) is 0 Å². The van der Waals surface area contributed by atoms with Gasteiger partial charge in [-0.15, -0.1) is 0 Å². The van der Waals surface area contributed by atoms with E-state index < -0.39 is 57.9 Å². The second-order valence-corrected chi connectivity index (χ2v) is 6.76. The first kappa shape index (κ1) is 24.3. The fourth-order valence-corrected chi connectivity index (χ4v) is 2.27. The minimum absolute atomic E-state index is 0.649. The lowest BCUT2D eigenvalue weighted by atomic mass is 9.93. The maximum atomic E-state index is 13.3. The zero-order chi connectivity index (χ0) is 20.7. The van der Waals surface area contributed by atoms with Crippen molar-refractivity contribution in [2.45, 2.75) is 48.3 Å².